The summed E-state index contributed by atoms with van der Waals surface area (Å²) in [7, 11) is -3.95. The Morgan fingerprint density at radius 3 is 2.08 bits per heavy atom. The van der Waals surface area contributed by atoms with Gasteiger partial charge in [0.15, 0.2) is 0 Å². The van der Waals surface area contributed by atoms with Gasteiger partial charge in [-0.2, -0.15) is 13.2 Å². The second kappa shape index (κ2) is 13.7. The van der Waals surface area contributed by atoms with Crippen LogP contribution in [0.2, 0.25) is 0 Å². The van der Waals surface area contributed by atoms with Crippen LogP contribution in [0.4, 0.5) is 23.7 Å². The van der Waals surface area contributed by atoms with Gasteiger partial charge in [-0.25, -0.2) is 13.2 Å². The summed E-state index contributed by atoms with van der Waals surface area (Å²) in [5.41, 5.74) is -3.05. The number of rotatable bonds is 11. The SMILES string of the molecule is C=C[C@@H]1C[C@]1(NC(=O)[C@@H]1CN(c2ccc(-c3ccccc3)cc2)CN1C(=O)C(NC(=O)OC(C)(C)C(F)(F)F)C(C)(C)C)C(=O)NS(=O)(=O)C1CC1. The van der Waals surface area contributed by atoms with Gasteiger partial charge in [-0.1, -0.05) is 69.3 Å². The standard InChI is InChI=1S/C36H44F3N5O7S/c1-7-24-19-35(24,31(47)42-52(49,50)26-17-18-26)41-29(45)27-20-43(25-15-13-23(14-16-25)22-11-9-8-10-12-22)21-44(27)30(46)28(33(2,3)4)40-32(48)51-34(5,6)36(37,38)39/h7-16,24,26-28H,1,17-21H2,2-6H3,(H,40,48)(H,41,45)(H,42,47)/t24-,27+,28?,35-/m1/s1. The lowest BCUT2D eigenvalue weighted by Crippen LogP contribution is -2.61. The van der Waals surface area contributed by atoms with Crippen LogP contribution in [-0.2, 0) is 29.1 Å². The second-order valence-corrected chi connectivity index (χ2v) is 17.1. The number of nitrogens with zero attached hydrogens (tertiary/aromatic N) is 2. The van der Waals surface area contributed by atoms with Gasteiger partial charge in [0.25, 0.3) is 5.91 Å². The molecule has 2 aromatic rings. The summed E-state index contributed by atoms with van der Waals surface area (Å²) in [6.45, 7) is 9.61. The molecule has 2 aromatic carbocycles. The number of carbonyl (C=O) groups excluding carboxylic acids is 4. The van der Waals surface area contributed by atoms with E-state index in [1.165, 1.54) is 11.0 Å². The largest absolute Gasteiger partial charge is 0.434 e. The molecule has 2 aliphatic carbocycles. The van der Waals surface area contributed by atoms with Crippen molar-refractivity contribution < 1.29 is 45.5 Å². The molecule has 0 aromatic heterocycles. The van der Waals surface area contributed by atoms with E-state index in [1.807, 2.05) is 54.6 Å². The Morgan fingerprint density at radius 1 is 0.962 bits per heavy atom. The Kier molecular flexibility index (Phi) is 10.2. The molecule has 12 nitrogen and oxygen atoms in total. The molecule has 3 aliphatic rings. The van der Waals surface area contributed by atoms with Gasteiger partial charge in [-0.15, -0.1) is 6.58 Å². The number of ether oxygens (including phenoxy) is 1. The molecule has 1 heterocycles. The third-order valence-corrected chi connectivity index (χ3v) is 11.5. The zero-order valence-electron chi connectivity index (χ0n) is 29.6. The van der Waals surface area contributed by atoms with E-state index in [-0.39, 0.29) is 19.6 Å². The monoisotopic (exact) mass is 747 g/mol. The zero-order chi connectivity index (χ0) is 38.4. The number of alkyl carbamates (subject to hydrolysis) is 1. The van der Waals surface area contributed by atoms with E-state index in [1.54, 1.807) is 25.7 Å². The van der Waals surface area contributed by atoms with Gasteiger partial charge in [0, 0.05) is 18.2 Å². The van der Waals surface area contributed by atoms with Gasteiger partial charge in [0.2, 0.25) is 27.4 Å². The summed E-state index contributed by atoms with van der Waals surface area (Å²) < 4.78 is 72.6. The Hall–Kier alpha value is -4.60. The van der Waals surface area contributed by atoms with E-state index in [2.05, 4.69) is 21.9 Å². The van der Waals surface area contributed by atoms with E-state index in [0.29, 0.717) is 32.4 Å². The Labute approximate surface area is 301 Å². The smallest absolute Gasteiger partial charge is 0.427 e. The van der Waals surface area contributed by atoms with Crippen LogP contribution in [-0.4, -0.2) is 85.0 Å². The number of sulfonamides is 1. The number of benzene rings is 2. The average molecular weight is 748 g/mol. The predicted molar refractivity (Wildman–Crippen MR) is 187 cm³/mol. The van der Waals surface area contributed by atoms with Crippen LogP contribution in [0.3, 0.4) is 0 Å². The van der Waals surface area contributed by atoms with E-state index < -0.39 is 79.8 Å². The van der Waals surface area contributed by atoms with Crippen LogP contribution < -0.4 is 20.3 Å². The summed E-state index contributed by atoms with van der Waals surface area (Å²) in [4.78, 5) is 57.7. The first-order chi connectivity index (χ1) is 24.1. The molecule has 282 valence electrons. The van der Waals surface area contributed by atoms with Crippen molar-refractivity contribution in [2.24, 2.45) is 11.3 Å². The molecule has 16 heteroatoms. The summed E-state index contributed by atoms with van der Waals surface area (Å²) in [5, 5.41) is 4.30. The summed E-state index contributed by atoms with van der Waals surface area (Å²) in [6.07, 6.45) is -4.03. The molecule has 0 radical (unpaired) electrons. The van der Waals surface area contributed by atoms with Crippen LogP contribution in [0.25, 0.3) is 11.1 Å². The molecule has 1 aliphatic heterocycles. The lowest BCUT2D eigenvalue weighted by molar-refractivity contribution is -0.244. The number of carbonyl (C=O) groups is 4. The van der Waals surface area contributed by atoms with E-state index >= 15 is 0 Å². The molecule has 1 unspecified atom stereocenters. The molecular weight excluding hydrogens is 703 g/mol. The first kappa shape index (κ1) is 38.6. The molecule has 5 rings (SSSR count). The molecule has 3 fully saturated rings. The van der Waals surface area contributed by atoms with Crippen LogP contribution in [0.1, 0.15) is 53.9 Å². The molecule has 2 saturated carbocycles. The minimum Gasteiger partial charge on any atom is -0.434 e. The summed E-state index contributed by atoms with van der Waals surface area (Å²) >= 11 is 0. The Balaban J connectivity index is 1.44. The van der Waals surface area contributed by atoms with Crippen molar-refractivity contribution in [1.29, 1.82) is 0 Å². The summed E-state index contributed by atoms with van der Waals surface area (Å²) in [5.74, 6) is -3.06. The summed E-state index contributed by atoms with van der Waals surface area (Å²) in [6, 6.07) is 14.2. The maximum atomic E-state index is 14.4. The molecule has 0 bridgehead atoms. The van der Waals surface area contributed by atoms with Gasteiger partial charge in [-0.05, 0) is 61.8 Å². The van der Waals surface area contributed by atoms with Crippen LogP contribution >= 0.6 is 0 Å². The maximum absolute atomic E-state index is 14.4. The topological polar surface area (TPSA) is 154 Å². The maximum Gasteiger partial charge on any atom is 0.427 e. The second-order valence-electron chi connectivity index (χ2n) is 15.1. The van der Waals surface area contributed by atoms with E-state index in [4.69, 9.17) is 4.74 Å². The third kappa shape index (κ3) is 8.06. The van der Waals surface area contributed by atoms with Gasteiger partial charge >= 0.3 is 12.3 Å². The number of nitrogens with one attached hydrogen (secondary N) is 3. The van der Waals surface area contributed by atoms with Crippen molar-refractivity contribution in [3.63, 3.8) is 0 Å². The number of alkyl halides is 3. The highest BCUT2D eigenvalue weighted by Gasteiger charge is 2.62. The van der Waals surface area contributed by atoms with Crippen LogP contribution in [0, 0.1) is 11.3 Å². The first-order valence-electron chi connectivity index (χ1n) is 16.9. The fourth-order valence-corrected chi connectivity index (χ4v) is 7.41. The molecule has 3 N–H and O–H groups in total. The normalized spacial score (nSPS) is 22.6. The molecule has 0 spiro atoms. The van der Waals surface area contributed by atoms with Crippen molar-refractivity contribution in [2.75, 3.05) is 18.1 Å². The fourth-order valence-electron chi connectivity index (χ4n) is 6.05. The van der Waals surface area contributed by atoms with E-state index in [0.717, 1.165) is 11.1 Å². The minimum absolute atomic E-state index is 0.0680. The van der Waals surface area contributed by atoms with Crippen molar-refractivity contribution in [1.82, 2.24) is 20.3 Å². The highest BCUT2D eigenvalue weighted by atomic mass is 32.2. The molecule has 1 saturated heterocycles. The number of amides is 4. The minimum atomic E-state index is -4.90. The number of hydrogen-bond donors (Lipinski definition) is 3. The van der Waals surface area contributed by atoms with Gasteiger partial charge in [0.1, 0.15) is 17.6 Å². The van der Waals surface area contributed by atoms with Crippen LogP contribution in [0.15, 0.2) is 67.3 Å². The van der Waals surface area contributed by atoms with Gasteiger partial charge < -0.3 is 25.2 Å². The lowest BCUT2D eigenvalue weighted by atomic mass is 9.85. The third-order valence-electron chi connectivity index (χ3n) is 9.67. The highest BCUT2D eigenvalue weighted by Crippen LogP contribution is 2.45. The van der Waals surface area contributed by atoms with Crippen molar-refractivity contribution in [3.05, 3.63) is 67.3 Å². The van der Waals surface area contributed by atoms with Crippen molar-refractivity contribution in [3.8, 4) is 11.1 Å². The van der Waals surface area contributed by atoms with Gasteiger partial charge in [-0.3, -0.25) is 19.1 Å². The number of hydrogen-bond acceptors (Lipinski definition) is 8. The van der Waals surface area contributed by atoms with Crippen LogP contribution in [0.5, 0.6) is 0 Å². The molecular formula is C36H44F3N5O7S. The fraction of sp³-hybridized carbons (Fsp3) is 0.500. The highest BCUT2D eigenvalue weighted by molar-refractivity contribution is 7.91. The van der Waals surface area contributed by atoms with Crippen molar-refractivity contribution in [2.45, 2.75) is 88.5 Å². The first-order valence-corrected chi connectivity index (χ1v) is 18.4. The van der Waals surface area contributed by atoms with Crippen molar-refractivity contribution >= 4 is 39.5 Å². The molecule has 4 amide bonds. The Bertz CT molecular complexity index is 1830. The quantitative estimate of drug-likeness (QED) is 0.285. The number of anilines is 1. The van der Waals surface area contributed by atoms with Gasteiger partial charge in [0.05, 0.1) is 11.9 Å². The molecule has 52 heavy (non-hydrogen) atoms. The predicted octanol–water partition coefficient (Wildman–Crippen LogP) is 4.48. The molecule has 4 atom stereocenters. The zero-order valence-corrected chi connectivity index (χ0v) is 30.4. The Morgan fingerprint density at radius 2 is 1.56 bits per heavy atom. The average Bonchev–Trinajstić information content (AvgIpc) is 3.99. The van der Waals surface area contributed by atoms with E-state index in [9.17, 15) is 40.8 Å². The number of halogens is 3. The lowest BCUT2D eigenvalue weighted by Gasteiger charge is -2.36.